The molecule has 1 saturated carbocycles. The molecule has 1 aromatic heterocycles. The molecule has 1 heterocycles. The third-order valence-corrected chi connectivity index (χ3v) is 6.90. The average molecular weight is 445 g/mol. The first-order valence-electron chi connectivity index (χ1n) is 11.8. The van der Waals surface area contributed by atoms with Crippen LogP contribution in [0.15, 0.2) is 29.6 Å². The number of anilines is 1. The van der Waals surface area contributed by atoms with Crippen LogP contribution in [0.4, 0.5) is 5.13 Å². The van der Waals surface area contributed by atoms with Crippen molar-refractivity contribution in [2.45, 2.75) is 71.1 Å². The highest BCUT2D eigenvalue weighted by molar-refractivity contribution is 7.14. The van der Waals surface area contributed by atoms with E-state index in [1.54, 1.807) is 11.3 Å². The van der Waals surface area contributed by atoms with E-state index in [0.717, 1.165) is 41.7 Å². The minimum absolute atomic E-state index is 0.135. The van der Waals surface area contributed by atoms with Gasteiger partial charge in [-0.2, -0.15) is 0 Å². The maximum absolute atomic E-state index is 11.1. The zero-order chi connectivity index (χ0) is 21.9. The van der Waals surface area contributed by atoms with Crippen molar-refractivity contribution in [1.82, 2.24) is 4.98 Å². The van der Waals surface area contributed by atoms with Gasteiger partial charge in [-0.15, -0.1) is 11.3 Å². The predicted octanol–water partition coefficient (Wildman–Crippen LogP) is 6.63. The molecule has 6 heteroatoms. The number of thiazole rings is 1. The molecule has 0 amide bonds. The summed E-state index contributed by atoms with van der Waals surface area (Å²) >= 11 is 1.59. The van der Waals surface area contributed by atoms with Crippen LogP contribution in [0.1, 0.15) is 71.1 Å². The first-order valence-corrected chi connectivity index (χ1v) is 12.7. The Bertz CT molecular complexity index is 784. The minimum atomic E-state index is -0.765. The molecule has 0 radical (unpaired) electrons. The van der Waals surface area contributed by atoms with Gasteiger partial charge >= 0.3 is 5.97 Å². The minimum Gasteiger partial charge on any atom is -0.493 e. The molecule has 0 atom stereocenters. The van der Waals surface area contributed by atoms with E-state index in [1.165, 1.54) is 51.4 Å². The molecule has 31 heavy (non-hydrogen) atoms. The molecule has 2 aromatic rings. The van der Waals surface area contributed by atoms with Gasteiger partial charge in [0.15, 0.2) is 5.13 Å². The van der Waals surface area contributed by atoms with Crippen LogP contribution in [-0.2, 0) is 4.79 Å². The van der Waals surface area contributed by atoms with Crippen molar-refractivity contribution in [2.75, 3.05) is 24.6 Å². The Labute approximate surface area is 190 Å². The number of hydrogen-bond donors (Lipinski definition) is 1. The van der Waals surface area contributed by atoms with E-state index >= 15 is 0 Å². The van der Waals surface area contributed by atoms with Gasteiger partial charge in [-0.1, -0.05) is 45.4 Å². The maximum atomic E-state index is 11.1. The highest BCUT2D eigenvalue weighted by atomic mass is 32.1. The second-order valence-corrected chi connectivity index (χ2v) is 9.38. The molecule has 0 unspecified atom stereocenters. The van der Waals surface area contributed by atoms with Gasteiger partial charge < -0.3 is 14.7 Å². The van der Waals surface area contributed by atoms with Crippen LogP contribution in [0.25, 0.3) is 11.3 Å². The van der Waals surface area contributed by atoms with Gasteiger partial charge in [0.2, 0.25) is 0 Å². The average Bonchev–Trinajstić information content (AvgIpc) is 3.28. The van der Waals surface area contributed by atoms with E-state index in [9.17, 15) is 4.79 Å². The molecule has 1 N–H and O–H groups in total. The topological polar surface area (TPSA) is 62.7 Å². The molecular weight excluding hydrogens is 408 g/mol. The van der Waals surface area contributed by atoms with Gasteiger partial charge in [0.25, 0.3) is 0 Å². The Morgan fingerprint density at radius 1 is 1.13 bits per heavy atom. The largest absolute Gasteiger partial charge is 0.493 e. The summed E-state index contributed by atoms with van der Waals surface area (Å²) in [6.45, 7) is 4.37. The van der Waals surface area contributed by atoms with Crippen molar-refractivity contribution >= 4 is 22.4 Å². The monoisotopic (exact) mass is 444 g/mol. The number of nitrogens with zero attached hydrogens (tertiary/aromatic N) is 2. The number of carboxylic acid groups (broad SMARTS) is 1. The fourth-order valence-electron chi connectivity index (χ4n) is 4.10. The molecule has 0 saturated heterocycles. The lowest BCUT2D eigenvalue weighted by Gasteiger charge is -2.21. The maximum Gasteiger partial charge on any atom is 0.305 e. The predicted molar refractivity (Wildman–Crippen MR) is 128 cm³/mol. The van der Waals surface area contributed by atoms with Crippen LogP contribution < -0.4 is 9.64 Å². The van der Waals surface area contributed by atoms with Crippen molar-refractivity contribution in [1.29, 1.82) is 0 Å². The van der Waals surface area contributed by atoms with Gasteiger partial charge in [-0.25, -0.2) is 4.98 Å². The lowest BCUT2D eigenvalue weighted by molar-refractivity contribution is -0.136. The quantitative estimate of drug-likeness (QED) is 0.351. The lowest BCUT2D eigenvalue weighted by Crippen LogP contribution is -2.27. The third kappa shape index (κ3) is 7.84. The molecule has 0 bridgehead atoms. The van der Waals surface area contributed by atoms with Gasteiger partial charge in [0.05, 0.1) is 18.7 Å². The second kappa shape index (κ2) is 12.7. The van der Waals surface area contributed by atoms with E-state index < -0.39 is 5.97 Å². The fraction of sp³-hybridized carbons (Fsp3) is 0.600. The molecule has 1 aliphatic carbocycles. The Hall–Kier alpha value is -2.08. The van der Waals surface area contributed by atoms with Crippen LogP contribution in [0.2, 0.25) is 0 Å². The number of rotatable bonds is 13. The van der Waals surface area contributed by atoms with Crippen molar-refractivity contribution in [3.63, 3.8) is 0 Å². The Morgan fingerprint density at radius 3 is 2.61 bits per heavy atom. The summed E-state index contributed by atoms with van der Waals surface area (Å²) in [5.74, 6) is 0.853. The molecule has 170 valence electrons. The van der Waals surface area contributed by atoms with Crippen molar-refractivity contribution in [2.24, 2.45) is 5.92 Å². The number of hydrogen-bond acceptors (Lipinski definition) is 5. The summed E-state index contributed by atoms with van der Waals surface area (Å²) in [5, 5.41) is 12.1. The first kappa shape index (κ1) is 23.6. The van der Waals surface area contributed by atoms with Gasteiger partial charge in [0, 0.05) is 24.0 Å². The molecule has 1 aromatic carbocycles. The summed E-state index contributed by atoms with van der Waals surface area (Å²) in [4.78, 5) is 18.0. The summed E-state index contributed by atoms with van der Waals surface area (Å²) in [5.41, 5.74) is 2.00. The second-order valence-electron chi connectivity index (χ2n) is 8.55. The molecule has 1 fully saturated rings. The standard InChI is InChI=1S/C25H36N2O3S/c1-2-3-4-8-16-27(17-15-24(28)29)25-26-23(19-31-25)21-11-13-22(14-12-21)30-18-20-9-6-5-7-10-20/h11-14,19-20H,2-10,15-18H2,1H3,(H,28,29). The summed E-state index contributed by atoms with van der Waals surface area (Å²) < 4.78 is 6.02. The molecule has 0 aliphatic heterocycles. The SMILES string of the molecule is CCCCCCN(CCC(=O)O)c1nc(-c2ccc(OCC3CCCCC3)cc2)cs1. The van der Waals surface area contributed by atoms with Crippen molar-refractivity contribution in [3.05, 3.63) is 29.6 Å². The number of ether oxygens (including phenoxy) is 1. The molecule has 5 nitrogen and oxygen atoms in total. The Kier molecular flexibility index (Phi) is 9.66. The van der Waals surface area contributed by atoms with Crippen LogP contribution in [0.3, 0.4) is 0 Å². The van der Waals surface area contributed by atoms with Crippen LogP contribution >= 0.6 is 11.3 Å². The van der Waals surface area contributed by atoms with E-state index in [1.807, 2.05) is 12.1 Å². The van der Waals surface area contributed by atoms with Gasteiger partial charge in [-0.3, -0.25) is 4.79 Å². The van der Waals surface area contributed by atoms with Gasteiger partial charge in [0.1, 0.15) is 5.75 Å². The van der Waals surface area contributed by atoms with Crippen molar-refractivity contribution in [3.8, 4) is 17.0 Å². The van der Waals surface area contributed by atoms with E-state index in [0.29, 0.717) is 12.5 Å². The smallest absolute Gasteiger partial charge is 0.305 e. The number of benzene rings is 1. The lowest BCUT2D eigenvalue weighted by atomic mass is 9.90. The molecule has 3 rings (SSSR count). The molecular formula is C25H36N2O3S. The third-order valence-electron chi connectivity index (χ3n) is 6.00. The fourth-order valence-corrected chi connectivity index (χ4v) is 4.98. The van der Waals surface area contributed by atoms with Crippen LogP contribution in [0, 0.1) is 5.92 Å². The van der Waals surface area contributed by atoms with Gasteiger partial charge in [-0.05, 0) is 49.4 Å². The highest BCUT2D eigenvalue weighted by Gasteiger charge is 2.15. The highest BCUT2D eigenvalue weighted by Crippen LogP contribution is 2.30. The normalized spacial score (nSPS) is 14.5. The summed E-state index contributed by atoms with van der Waals surface area (Å²) in [6.07, 6.45) is 11.4. The number of aliphatic carboxylic acids is 1. The number of carboxylic acids is 1. The van der Waals surface area contributed by atoms with Crippen LogP contribution in [-0.4, -0.2) is 35.8 Å². The summed E-state index contributed by atoms with van der Waals surface area (Å²) in [6, 6.07) is 8.20. The number of carbonyl (C=O) groups is 1. The van der Waals surface area contributed by atoms with E-state index in [-0.39, 0.29) is 6.42 Å². The number of unbranched alkanes of at least 4 members (excludes halogenated alkanes) is 3. The van der Waals surface area contributed by atoms with Crippen LogP contribution in [0.5, 0.6) is 5.75 Å². The van der Waals surface area contributed by atoms with E-state index in [2.05, 4.69) is 29.3 Å². The number of aromatic nitrogens is 1. The molecule has 0 spiro atoms. The summed E-state index contributed by atoms with van der Waals surface area (Å²) in [7, 11) is 0. The van der Waals surface area contributed by atoms with Crippen molar-refractivity contribution < 1.29 is 14.6 Å². The Balaban J connectivity index is 1.58. The molecule has 1 aliphatic rings. The Morgan fingerprint density at radius 2 is 1.90 bits per heavy atom. The first-order chi connectivity index (χ1) is 15.2. The zero-order valence-electron chi connectivity index (χ0n) is 18.7. The zero-order valence-corrected chi connectivity index (χ0v) is 19.5. The van der Waals surface area contributed by atoms with E-state index in [4.69, 9.17) is 14.8 Å².